The Morgan fingerprint density at radius 2 is 2.25 bits per heavy atom. The SMILES string of the molecule is Cn1ccnc1Sc1cc(Br)cc(CN)c1. The summed E-state index contributed by atoms with van der Waals surface area (Å²) in [6.45, 7) is 0.549. The number of aryl methyl sites for hydroxylation is 1. The van der Waals surface area contributed by atoms with Gasteiger partial charge in [0.15, 0.2) is 5.16 Å². The van der Waals surface area contributed by atoms with Crippen molar-refractivity contribution in [3.8, 4) is 0 Å². The molecule has 5 heteroatoms. The molecule has 0 unspecified atom stereocenters. The van der Waals surface area contributed by atoms with Gasteiger partial charge in [-0.15, -0.1) is 0 Å². The van der Waals surface area contributed by atoms with E-state index in [4.69, 9.17) is 5.73 Å². The van der Waals surface area contributed by atoms with Gasteiger partial charge in [-0.3, -0.25) is 0 Å². The first kappa shape index (κ1) is 11.7. The number of aromatic nitrogens is 2. The van der Waals surface area contributed by atoms with Crippen LogP contribution in [0.4, 0.5) is 0 Å². The molecule has 2 N–H and O–H groups in total. The number of imidazole rings is 1. The van der Waals surface area contributed by atoms with Crippen LogP contribution in [0.15, 0.2) is 45.1 Å². The molecule has 0 radical (unpaired) electrons. The minimum absolute atomic E-state index is 0.549. The lowest BCUT2D eigenvalue weighted by Gasteiger charge is -2.05. The summed E-state index contributed by atoms with van der Waals surface area (Å²) >= 11 is 5.11. The van der Waals surface area contributed by atoms with Gasteiger partial charge in [0, 0.05) is 35.4 Å². The molecule has 0 amide bonds. The highest BCUT2D eigenvalue weighted by molar-refractivity contribution is 9.10. The summed E-state index contributed by atoms with van der Waals surface area (Å²) in [7, 11) is 1.98. The van der Waals surface area contributed by atoms with Crippen molar-refractivity contribution in [3.63, 3.8) is 0 Å². The molecule has 0 fully saturated rings. The van der Waals surface area contributed by atoms with Crippen molar-refractivity contribution in [1.82, 2.24) is 9.55 Å². The van der Waals surface area contributed by atoms with Crippen molar-refractivity contribution in [2.45, 2.75) is 16.6 Å². The van der Waals surface area contributed by atoms with Crippen LogP contribution < -0.4 is 5.73 Å². The summed E-state index contributed by atoms with van der Waals surface area (Å²) in [4.78, 5) is 5.42. The second-order valence-electron chi connectivity index (χ2n) is 3.42. The second kappa shape index (κ2) is 5.03. The van der Waals surface area contributed by atoms with Crippen LogP contribution in [0.3, 0.4) is 0 Å². The number of benzene rings is 1. The molecule has 2 aromatic rings. The fourth-order valence-corrected chi connectivity index (χ4v) is 2.97. The summed E-state index contributed by atoms with van der Waals surface area (Å²) < 4.78 is 3.04. The average molecular weight is 298 g/mol. The maximum atomic E-state index is 5.64. The molecule has 3 nitrogen and oxygen atoms in total. The number of hydrogen-bond donors (Lipinski definition) is 1. The molecular weight excluding hydrogens is 286 g/mol. The van der Waals surface area contributed by atoms with E-state index >= 15 is 0 Å². The van der Waals surface area contributed by atoms with E-state index in [-0.39, 0.29) is 0 Å². The molecule has 1 aromatic carbocycles. The van der Waals surface area contributed by atoms with Crippen LogP contribution in [0.1, 0.15) is 5.56 Å². The van der Waals surface area contributed by atoms with E-state index < -0.39 is 0 Å². The molecule has 0 saturated heterocycles. The van der Waals surface area contributed by atoms with Crippen LogP contribution in [-0.4, -0.2) is 9.55 Å². The number of nitrogens with zero attached hydrogens (tertiary/aromatic N) is 2. The van der Waals surface area contributed by atoms with Crippen LogP contribution >= 0.6 is 27.7 Å². The molecule has 2 rings (SSSR count). The van der Waals surface area contributed by atoms with Crippen molar-refractivity contribution in [1.29, 1.82) is 0 Å². The van der Waals surface area contributed by atoms with Crippen molar-refractivity contribution in [2.75, 3.05) is 0 Å². The molecule has 0 spiro atoms. The van der Waals surface area contributed by atoms with Crippen molar-refractivity contribution in [3.05, 3.63) is 40.6 Å². The third-order valence-electron chi connectivity index (χ3n) is 2.15. The van der Waals surface area contributed by atoms with Gasteiger partial charge < -0.3 is 10.3 Å². The van der Waals surface area contributed by atoms with E-state index in [0.29, 0.717) is 6.54 Å². The molecule has 84 valence electrons. The van der Waals surface area contributed by atoms with Crippen LogP contribution in [0.2, 0.25) is 0 Å². The number of hydrogen-bond acceptors (Lipinski definition) is 3. The zero-order valence-electron chi connectivity index (χ0n) is 8.85. The van der Waals surface area contributed by atoms with E-state index in [1.165, 1.54) is 0 Å². The van der Waals surface area contributed by atoms with Gasteiger partial charge >= 0.3 is 0 Å². The maximum absolute atomic E-state index is 5.64. The molecule has 0 aliphatic rings. The summed E-state index contributed by atoms with van der Waals surface area (Å²) in [6, 6.07) is 6.19. The minimum Gasteiger partial charge on any atom is -0.329 e. The lowest BCUT2D eigenvalue weighted by Crippen LogP contribution is -1.96. The Morgan fingerprint density at radius 3 is 2.88 bits per heavy atom. The van der Waals surface area contributed by atoms with Crippen LogP contribution in [0.25, 0.3) is 0 Å². The first-order valence-electron chi connectivity index (χ1n) is 4.84. The Bertz CT molecular complexity index is 496. The van der Waals surface area contributed by atoms with E-state index in [1.807, 2.05) is 23.9 Å². The molecule has 16 heavy (non-hydrogen) atoms. The highest BCUT2D eigenvalue weighted by Crippen LogP contribution is 2.29. The fourth-order valence-electron chi connectivity index (χ4n) is 1.35. The lowest BCUT2D eigenvalue weighted by atomic mass is 10.2. The Balaban J connectivity index is 2.28. The van der Waals surface area contributed by atoms with Crippen molar-refractivity contribution in [2.24, 2.45) is 12.8 Å². The van der Waals surface area contributed by atoms with Gasteiger partial charge in [-0.05, 0) is 23.8 Å². The van der Waals surface area contributed by atoms with E-state index in [2.05, 4.69) is 33.0 Å². The van der Waals surface area contributed by atoms with Crippen LogP contribution in [0, 0.1) is 0 Å². The monoisotopic (exact) mass is 297 g/mol. The minimum atomic E-state index is 0.549. The van der Waals surface area contributed by atoms with Gasteiger partial charge in [0.2, 0.25) is 0 Å². The first-order valence-corrected chi connectivity index (χ1v) is 6.44. The fraction of sp³-hybridized carbons (Fsp3) is 0.182. The number of rotatable bonds is 3. The van der Waals surface area contributed by atoms with E-state index in [9.17, 15) is 0 Å². The zero-order valence-corrected chi connectivity index (χ0v) is 11.3. The molecule has 0 aliphatic heterocycles. The molecular formula is C11H12BrN3S. The maximum Gasteiger partial charge on any atom is 0.172 e. The Morgan fingerprint density at radius 1 is 1.44 bits per heavy atom. The van der Waals surface area contributed by atoms with Crippen LogP contribution in [0.5, 0.6) is 0 Å². The number of halogens is 1. The second-order valence-corrected chi connectivity index (χ2v) is 5.38. The third-order valence-corrected chi connectivity index (χ3v) is 3.66. The topological polar surface area (TPSA) is 43.8 Å². The number of nitrogens with two attached hydrogens (primary N) is 1. The standard InChI is InChI=1S/C11H12BrN3S/c1-15-3-2-14-11(15)16-10-5-8(7-13)4-9(12)6-10/h2-6H,7,13H2,1H3. The molecule has 0 aliphatic carbocycles. The third kappa shape index (κ3) is 2.66. The van der Waals surface area contributed by atoms with E-state index in [1.54, 1.807) is 18.0 Å². The Hall–Kier alpha value is -0.780. The quantitative estimate of drug-likeness (QED) is 0.947. The average Bonchev–Trinajstić information content (AvgIpc) is 2.63. The van der Waals surface area contributed by atoms with Crippen LogP contribution in [-0.2, 0) is 13.6 Å². The highest BCUT2D eigenvalue weighted by atomic mass is 79.9. The van der Waals surface area contributed by atoms with E-state index in [0.717, 1.165) is 20.1 Å². The van der Waals surface area contributed by atoms with Gasteiger partial charge in [-0.1, -0.05) is 27.7 Å². The van der Waals surface area contributed by atoms with Gasteiger partial charge in [-0.25, -0.2) is 4.98 Å². The highest BCUT2D eigenvalue weighted by Gasteiger charge is 2.04. The normalized spacial score (nSPS) is 10.7. The zero-order chi connectivity index (χ0) is 11.5. The molecule has 0 bridgehead atoms. The Labute approximate surface area is 107 Å². The van der Waals surface area contributed by atoms with Crippen molar-refractivity contribution >= 4 is 27.7 Å². The Kier molecular flexibility index (Phi) is 3.68. The van der Waals surface area contributed by atoms with Gasteiger partial charge in [0.25, 0.3) is 0 Å². The molecule has 1 heterocycles. The predicted octanol–water partition coefficient (Wildman–Crippen LogP) is 2.79. The summed E-state index contributed by atoms with van der Waals surface area (Å²) in [5.41, 5.74) is 6.76. The summed E-state index contributed by atoms with van der Waals surface area (Å²) in [5, 5.41) is 0.973. The predicted molar refractivity (Wildman–Crippen MR) is 69.4 cm³/mol. The summed E-state index contributed by atoms with van der Waals surface area (Å²) in [5.74, 6) is 0. The molecule has 0 atom stereocenters. The van der Waals surface area contributed by atoms with Gasteiger partial charge in [0.1, 0.15) is 0 Å². The molecule has 0 saturated carbocycles. The lowest BCUT2D eigenvalue weighted by molar-refractivity contribution is 0.790. The molecule has 1 aromatic heterocycles. The largest absolute Gasteiger partial charge is 0.329 e. The van der Waals surface area contributed by atoms with Crippen molar-refractivity contribution < 1.29 is 0 Å². The van der Waals surface area contributed by atoms with Gasteiger partial charge in [0.05, 0.1) is 0 Å². The van der Waals surface area contributed by atoms with Gasteiger partial charge in [-0.2, -0.15) is 0 Å². The summed E-state index contributed by atoms with van der Waals surface area (Å²) in [6.07, 6.45) is 3.73. The first-order chi connectivity index (χ1) is 7.69. The smallest absolute Gasteiger partial charge is 0.172 e.